The van der Waals surface area contributed by atoms with Crippen LogP contribution in [0.1, 0.15) is 31.7 Å². The van der Waals surface area contributed by atoms with Crippen molar-refractivity contribution in [3.63, 3.8) is 0 Å². The second-order valence-electron chi connectivity index (χ2n) is 7.38. The van der Waals surface area contributed by atoms with Crippen LogP contribution in [-0.4, -0.2) is 40.4 Å². The normalized spacial score (nSPS) is 31.9. The van der Waals surface area contributed by atoms with E-state index in [0.29, 0.717) is 24.9 Å². The van der Waals surface area contributed by atoms with E-state index in [-0.39, 0.29) is 17.4 Å². The molecule has 2 saturated carbocycles. The molecule has 25 heavy (non-hydrogen) atoms. The Morgan fingerprint density at radius 2 is 2.12 bits per heavy atom. The number of carbonyl (C=O) groups is 2. The largest absolute Gasteiger partial charge is 0.380 e. The second kappa shape index (κ2) is 4.57. The fraction of sp³-hybridized carbons (Fsp3) is 0.471. The summed E-state index contributed by atoms with van der Waals surface area (Å²) >= 11 is 0. The monoisotopic (exact) mass is 346 g/mol. The number of benzene rings is 1. The Balaban J connectivity index is 1.73. The summed E-state index contributed by atoms with van der Waals surface area (Å²) in [4.78, 5) is 30.2. The molecular formula is C17H19FN4O3. The molecule has 4 N–H and O–H groups in total. The molecule has 2 aliphatic carbocycles. The third-order valence-corrected chi connectivity index (χ3v) is 5.64. The van der Waals surface area contributed by atoms with Crippen LogP contribution >= 0.6 is 0 Å². The van der Waals surface area contributed by atoms with Crippen LogP contribution in [0.15, 0.2) is 23.2 Å². The zero-order valence-electron chi connectivity index (χ0n) is 14.0. The molecule has 1 unspecified atom stereocenters. The maximum absolute atomic E-state index is 14.5. The van der Waals surface area contributed by atoms with E-state index in [2.05, 4.69) is 10.3 Å². The minimum atomic E-state index is -1.33. The standard InChI is InChI=1S/C17H19FN4O3/c1-15-8-17(15,21-14(19)22(2)13(15)24)10-7-9(3-4-11(10)18)20-12(23)16(25)5-6-16/h3-4,7,25H,5-6,8H2,1-2H3,(H2,19,21)(H,20,23)/t15?,17-/m1/s1. The Hall–Kier alpha value is -2.48. The number of nitrogens with two attached hydrogens (primary N) is 1. The van der Waals surface area contributed by atoms with E-state index in [1.54, 1.807) is 6.92 Å². The molecule has 4 rings (SSSR count). The van der Waals surface area contributed by atoms with Gasteiger partial charge in [-0.05, 0) is 44.4 Å². The SMILES string of the molecule is CN1C(=O)C2(C)C[C@]2(c2cc(NC(=O)C3(O)CC3)ccc2F)N=C1N. The van der Waals surface area contributed by atoms with E-state index < -0.39 is 28.3 Å². The molecule has 1 aliphatic heterocycles. The molecule has 0 spiro atoms. The molecule has 2 amide bonds. The van der Waals surface area contributed by atoms with Crippen LogP contribution in [-0.2, 0) is 15.1 Å². The molecule has 0 saturated heterocycles. The van der Waals surface area contributed by atoms with Gasteiger partial charge in [-0.1, -0.05) is 0 Å². The molecule has 3 aliphatic rings. The molecule has 132 valence electrons. The van der Waals surface area contributed by atoms with E-state index in [4.69, 9.17) is 5.73 Å². The summed E-state index contributed by atoms with van der Waals surface area (Å²) in [6, 6.07) is 4.12. The molecule has 0 aromatic heterocycles. The van der Waals surface area contributed by atoms with Crippen LogP contribution in [0.5, 0.6) is 0 Å². The fourth-order valence-electron chi connectivity index (χ4n) is 3.59. The van der Waals surface area contributed by atoms with Gasteiger partial charge in [-0.2, -0.15) is 0 Å². The number of guanidine groups is 1. The minimum absolute atomic E-state index is 0.0427. The number of fused-ring (bicyclic) bond motifs is 1. The lowest BCUT2D eigenvalue weighted by molar-refractivity contribution is -0.133. The van der Waals surface area contributed by atoms with Crippen molar-refractivity contribution in [3.8, 4) is 0 Å². The lowest BCUT2D eigenvalue weighted by Gasteiger charge is -2.30. The van der Waals surface area contributed by atoms with Gasteiger partial charge < -0.3 is 16.2 Å². The van der Waals surface area contributed by atoms with Crippen molar-refractivity contribution in [2.75, 3.05) is 12.4 Å². The third-order valence-electron chi connectivity index (χ3n) is 5.64. The Bertz CT molecular complexity index is 850. The Morgan fingerprint density at radius 3 is 2.76 bits per heavy atom. The van der Waals surface area contributed by atoms with Gasteiger partial charge in [-0.25, -0.2) is 9.38 Å². The van der Waals surface area contributed by atoms with E-state index in [1.807, 2.05) is 0 Å². The molecular weight excluding hydrogens is 327 g/mol. The smallest absolute Gasteiger partial charge is 0.256 e. The first kappa shape index (κ1) is 16.0. The number of aliphatic hydroxyl groups is 1. The fourth-order valence-corrected chi connectivity index (χ4v) is 3.59. The molecule has 8 heteroatoms. The quantitative estimate of drug-likeness (QED) is 0.748. The average molecular weight is 346 g/mol. The molecule has 0 radical (unpaired) electrons. The maximum Gasteiger partial charge on any atom is 0.256 e. The summed E-state index contributed by atoms with van der Waals surface area (Å²) in [7, 11) is 1.54. The van der Waals surface area contributed by atoms with Crippen LogP contribution in [0, 0.1) is 11.2 Å². The van der Waals surface area contributed by atoms with Gasteiger partial charge in [0, 0.05) is 18.3 Å². The van der Waals surface area contributed by atoms with Crippen LogP contribution in [0.2, 0.25) is 0 Å². The molecule has 2 fully saturated rings. The number of aliphatic imine (C=N–C) groups is 1. The van der Waals surface area contributed by atoms with Crippen molar-refractivity contribution in [2.24, 2.45) is 16.1 Å². The van der Waals surface area contributed by atoms with Gasteiger partial charge in [0.1, 0.15) is 17.0 Å². The highest BCUT2D eigenvalue weighted by Crippen LogP contribution is 2.68. The number of hydrogen-bond acceptors (Lipinski definition) is 5. The van der Waals surface area contributed by atoms with Crippen LogP contribution < -0.4 is 11.1 Å². The zero-order valence-corrected chi connectivity index (χ0v) is 14.0. The maximum atomic E-state index is 14.5. The number of rotatable bonds is 3. The number of anilines is 1. The number of halogens is 1. The Morgan fingerprint density at radius 1 is 1.44 bits per heavy atom. The van der Waals surface area contributed by atoms with Crippen molar-refractivity contribution < 1.29 is 19.1 Å². The molecule has 2 atom stereocenters. The van der Waals surface area contributed by atoms with Gasteiger partial charge in [0.25, 0.3) is 5.91 Å². The Kier molecular flexibility index (Phi) is 2.93. The van der Waals surface area contributed by atoms with Crippen molar-refractivity contribution in [1.82, 2.24) is 4.90 Å². The van der Waals surface area contributed by atoms with Crippen molar-refractivity contribution in [1.29, 1.82) is 0 Å². The highest BCUT2D eigenvalue weighted by molar-refractivity contribution is 6.04. The van der Waals surface area contributed by atoms with Gasteiger partial charge in [-0.3, -0.25) is 14.5 Å². The van der Waals surface area contributed by atoms with Crippen molar-refractivity contribution in [2.45, 2.75) is 37.3 Å². The van der Waals surface area contributed by atoms with Gasteiger partial charge in [0.05, 0.1) is 5.41 Å². The Labute approximate surface area is 143 Å². The second-order valence-corrected chi connectivity index (χ2v) is 7.38. The number of carbonyl (C=O) groups excluding carboxylic acids is 2. The summed E-state index contributed by atoms with van der Waals surface area (Å²) in [5.74, 6) is -1.19. The molecule has 0 bridgehead atoms. The van der Waals surface area contributed by atoms with Crippen LogP contribution in [0.3, 0.4) is 0 Å². The van der Waals surface area contributed by atoms with Crippen molar-refractivity contribution >= 4 is 23.5 Å². The van der Waals surface area contributed by atoms with Crippen molar-refractivity contribution in [3.05, 3.63) is 29.6 Å². The van der Waals surface area contributed by atoms with E-state index >= 15 is 0 Å². The zero-order chi connectivity index (χ0) is 18.2. The molecule has 1 aromatic carbocycles. The highest BCUT2D eigenvalue weighted by Gasteiger charge is 2.74. The van der Waals surface area contributed by atoms with E-state index in [1.165, 1.54) is 30.1 Å². The van der Waals surface area contributed by atoms with E-state index in [0.717, 1.165) is 0 Å². The van der Waals surface area contributed by atoms with Crippen LogP contribution in [0.25, 0.3) is 0 Å². The lowest BCUT2D eigenvalue weighted by Crippen LogP contribution is -2.48. The number of hydrogen-bond donors (Lipinski definition) is 3. The lowest BCUT2D eigenvalue weighted by atomic mass is 9.92. The summed E-state index contributed by atoms with van der Waals surface area (Å²) in [6.07, 6.45) is 1.18. The van der Waals surface area contributed by atoms with Gasteiger partial charge in [-0.15, -0.1) is 0 Å². The number of amides is 2. The van der Waals surface area contributed by atoms with Gasteiger partial charge in [0.2, 0.25) is 5.91 Å². The van der Waals surface area contributed by atoms with Gasteiger partial charge in [0.15, 0.2) is 5.96 Å². The first-order chi connectivity index (χ1) is 11.6. The summed E-state index contributed by atoms with van der Waals surface area (Å²) in [6.45, 7) is 1.74. The average Bonchev–Trinajstić information content (AvgIpc) is 3.45. The molecule has 1 aromatic rings. The predicted molar refractivity (Wildman–Crippen MR) is 88.0 cm³/mol. The first-order valence-electron chi connectivity index (χ1n) is 8.10. The summed E-state index contributed by atoms with van der Waals surface area (Å²) in [5, 5.41) is 12.5. The minimum Gasteiger partial charge on any atom is -0.380 e. The van der Waals surface area contributed by atoms with E-state index in [9.17, 15) is 19.1 Å². The number of nitrogens with one attached hydrogen (secondary N) is 1. The molecule has 1 heterocycles. The third kappa shape index (κ3) is 2.03. The van der Waals surface area contributed by atoms with Gasteiger partial charge >= 0.3 is 0 Å². The topological polar surface area (TPSA) is 108 Å². The summed E-state index contributed by atoms with van der Waals surface area (Å²) < 4.78 is 14.5. The summed E-state index contributed by atoms with van der Waals surface area (Å²) in [5.41, 5.74) is 3.17. The highest BCUT2D eigenvalue weighted by atomic mass is 19.1. The van der Waals surface area contributed by atoms with Crippen LogP contribution in [0.4, 0.5) is 10.1 Å². The number of nitrogens with zero attached hydrogens (tertiary/aromatic N) is 2. The first-order valence-corrected chi connectivity index (χ1v) is 8.10. The predicted octanol–water partition coefficient (Wildman–Crippen LogP) is 0.681. The molecule has 7 nitrogen and oxygen atoms in total.